The predicted octanol–water partition coefficient (Wildman–Crippen LogP) is 6.87. The van der Waals surface area contributed by atoms with Crippen LogP contribution in [0.15, 0.2) is 66.7 Å². The molecule has 172 valence electrons. The van der Waals surface area contributed by atoms with Crippen LogP contribution in [0, 0.1) is 17.5 Å². The van der Waals surface area contributed by atoms with Crippen molar-refractivity contribution in [3.05, 3.63) is 89.8 Å². The van der Waals surface area contributed by atoms with Crippen LogP contribution in [0.5, 0.6) is 5.75 Å². The molecule has 0 saturated carbocycles. The summed E-state index contributed by atoms with van der Waals surface area (Å²) in [6.07, 6.45) is 3.20. The Balaban J connectivity index is 1.53. The van der Waals surface area contributed by atoms with Crippen LogP contribution < -0.4 is 4.74 Å². The molecule has 33 heavy (non-hydrogen) atoms. The lowest BCUT2D eigenvalue weighted by Gasteiger charge is -2.27. The van der Waals surface area contributed by atoms with Crippen molar-refractivity contribution in [2.75, 3.05) is 19.8 Å². The van der Waals surface area contributed by atoms with E-state index in [1.165, 1.54) is 18.2 Å². The molecular weight excluding hydrogens is 429 g/mol. The molecule has 3 aromatic rings. The molecule has 3 nitrogen and oxygen atoms in total. The molecule has 0 spiro atoms. The molecule has 0 amide bonds. The standard InChI is InChI=1S/C27H25F3O3/c1-3-4-13-31-25-12-11-23(26(29)27(25)30)19-7-5-18(6-8-19)20-9-10-22(24(28)14-20)21-15-32-17(2)33-16-21/h3-12,14,17,21H,13,15-16H2,1-2H3/b4-3+. The fourth-order valence-electron chi connectivity index (χ4n) is 3.76. The Hall–Kier alpha value is -3.09. The highest BCUT2D eigenvalue weighted by atomic mass is 19.2. The Morgan fingerprint density at radius 1 is 0.879 bits per heavy atom. The molecule has 4 rings (SSSR count). The van der Waals surface area contributed by atoms with Crippen molar-refractivity contribution < 1.29 is 27.4 Å². The summed E-state index contributed by atoms with van der Waals surface area (Å²) in [6.45, 7) is 4.61. The molecule has 0 atom stereocenters. The molecule has 1 fully saturated rings. The highest BCUT2D eigenvalue weighted by molar-refractivity contribution is 5.71. The number of halogens is 3. The Bertz CT molecular complexity index is 1130. The van der Waals surface area contributed by atoms with Gasteiger partial charge in [-0.1, -0.05) is 48.6 Å². The summed E-state index contributed by atoms with van der Waals surface area (Å²) in [5, 5.41) is 0. The monoisotopic (exact) mass is 454 g/mol. The number of benzene rings is 3. The molecule has 0 N–H and O–H groups in total. The average molecular weight is 454 g/mol. The molecular formula is C27H25F3O3. The average Bonchev–Trinajstić information content (AvgIpc) is 2.83. The summed E-state index contributed by atoms with van der Waals surface area (Å²) in [6, 6.07) is 14.8. The van der Waals surface area contributed by atoms with Gasteiger partial charge in [0.25, 0.3) is 0 Å². The molecule has 1 aliphatic rings. The molecule has 1 heterocycles. The maximum Gasteiger partial charge on any atom is 0.201 e. The third-order valence-corrected chi connectivity index (χ3v) is 5.65. The first-order valence-corrected chi connectivity index (χ1v) is 10.8. The Kier molecular flexibility index (Phi) is 7.16. The van der Waals surface area contributed by atoms with Gasteiger partial charge >= 0.3 is 0 Å². The maximum atomic E-state index is 14.8. The zero-order chi connectivity index (χ0) is 23.4. The summed E-state index contributed by atoms with van der Waals surface area (Å²) < 4.78 is 60.0. The second kappa shape index (κ2) is 10.2. The van der Waals surface area contributed by atoms with E-state index in [0.29, 0.717) is 29.9 Å². The van der Waals surface area contributed by atoms with E-state index in [2.05, 4.69) is 0 Å². The third kappa shape index (κ3) is 5.13. The topological polar surface area (TPSA) is 27.7 Å². The number of hydrogen-bond acceptors (Lipinski definition) is 3. The van der Waals surface area contributed by atoms with Gasteiger partial charge in [-0.25, -0.2) is 8.78 Å². The Morgan fingerprint density at radius 2 is 1.55 bits per heavy atom. The molecule has 0 bridgehead atoms. The number of allylic oxidation sites excluding steroid dienone is 1. The van der Waals surface area contributed by atoms with Crippen molar-refractivity contribution in [2.24, 2.45) is 0 Å². The van der Waals surface area contributed by atoms with Crippen molar-refractivity contribution in [1.29, 1.82) is 0 Å². The summed E-state index contributed by atoms with van der Waals surface area (Å²) >= 11 is 0. The van der Waals surface area contributed by atoms with Gasteiger partial charge in [-0.15, -0.1) is 0 Å². The third-order valence-electron chi connectivity index (χ3n) is 5.65. The largest absolute Gasteiger partial charge is 0.486 e. The minimum Gasteiger partial charge on any atom is -0.486 e. The van der Waals surface area contributed by atoms with Gasteiger partial charge in [0, 0.05) is 11.5 Å². The minimum absolute atomic E-state index is 0.130. The molecule has 1 saturated heterocycles. The van der Waals surface area contributed by atoms with E-state index in [0.717, 1.165) is 5.56 Å². The van der Waals surface area contributed by atoms with Crippen molar-refractivity contribution in [2.45, 2.75) is 26.1 Å². The molecule has 3 aromatic carbocycles. The van der Waals surface area contributed by atoms with Gasteiger partial charge < -0.3 is 14.2 Å². The molecule has 0 radical (unpaired) electrons. The molecule has 0 aromatic heterocycles. The summed E-state index contributed by atoms with van der Waals surface area (Å²) in [4.78, 5) is 0. The van der Waals surface area contributed by atoms with Gasteiger partial charge in [0.1, 0.15) is 12.4 Å². The lowest BCUT2D eigenvalue weighted by Crippen LogP contribution is -2.29. The second-order valence-electron chi connectivity index (χ2n) is 7.86. The van der Waals surface area contributed by atoms with Crippen LogP contribution in [0.4, 0.5) is 13.2 Å². The Morgan fingerprint density at radius 3 is 2.21 bits per heavy atom. The van der Waals surface area contributed by atoms with Gasteiger partial charge in [0.05, 0.1) is 13.2 Å². The highest BCUT2D eigenvalue weighted by Gasteiger charge is 2.23. The van der Waals surface area contributed by atoms with Crippen LogP contribution in [0.25, 0.3) is 22.3 Å². The van der Waals surface area contributed by atoms with E-state index >= 15 is 0 Å². The number of ether oxygens (including phenoxy) is 3. The molecule has 0 aliphatic carbocycles. The highest BCUT2D eigenvalue weighted by Crippen LogP contribution is 2.33. The summed E-state index contributed by atoms with van der Waals surface area (Å²) in [5.41, 5.74) is 2.65. The SMILES string of the molecule is C/C=C/COc1ccc(-c2ccc(-c3ccc(C4COC(C)OC4)c(F)c3)cc2)c(F)c1F. The number of rotatable bonds is 6. The van der Waals surface area contributed by atoms with E-state index < -0.39 is 11.6 Å². The van der Waals surface area contributed by atoms with Gasteiger partial charge in [0.2, 0.25) is 5.82 Å². The fraction of sp³-hybridized carbons (Fsp3) is 0.259. The lowest BCUT2D eigenvalue weighted by molar-refractivity contribution is -0.176. The van der Waals surface area contributed by atoms with E-state index in [-0.39, 0.29) is 35.9 Å². The van der Waals surface area contributed by atoms with Gasteiger partial charge in [0.15, 0.2) is 17.9 Å². The van der Waals surface area contributed by atoms with E-state index in [1.807, 2.05) is 19.9 Å². The van der Waals surface area contributed by atoms with Crippen molar-refractivity contribution >= 4 is 0 Å². The predicted molar refractivity (Wildman–Crippen MR) is 122 cm³/mol. The zero-order valence-corrected chi connectivity index (χ0v) is 18.5. The van der Waals surface area contributed by atoms with E-state index in [4.69, 9.17) is 14.2 Å². The second-order valence-corrected chi connectivity index (χ2v) is 7.86. The van der Waals surface area contributed by atoms with Crippen LogP contribution in [0.2, 0.25) is 0 Å². The lowest BCUT2D eigenvalue weighted by atomic mass is 9.95. The summed E-state index contributed by atoms with van der Waals surface area (Å²) in [5.74, 6) is -2.61. The molecule has 0 unspecified atom stereocenters. The van der Waals surface area contributed by atoms with Gasteiger partial charge in [-0.3, -0.25) is 0 Å². The Labute approximate surface area is 191 Å². The fourth-order valence-corrected chi connectivity index (χ4v) is 3.76. The summed E-state index contributed by atoms with van der Waals surface area (Å²) in [7, 11) is 0. The van der Waals surface area contributed by atoms with Crippen molar-refractivity contribution in [1.82, 2.24) is 0 Å². The van der Waals surface area contributed by atoms with E-state index in [1.54, 1.807) is 42.5 Å². The first-order chi connectivity index (χ1) is 16.0. The van der Waals surface area contributed by atoms with Crippen molar-refractivity contribution in [3.63, 3.8) is 0 Å². The first-order valence-electron chi connectivity index (χ1n) is 10.8. The van der Waals surface area contributed by atoms with Crippen LogP contribution in [-0.4, -0.2) is 26.1 Å². The maximum absolute atomic E-state index is 14.8. The minimum atomic E-state index is -1.02. The van der Waals surface area contributed by atoms with Gasteiger partial charge in [-0.2, -0.15) is 4.39 Å². The molecule has 1 aliphatic heterocycles. The molecule has 6 heteroatoms. The van der Waals surface area contributed by atoms with Crippen molar-refractivity contribution in [3.8, 4) is 28.0 Å². The van der Waals surface area contributed by atoms with E-state index in [9.17, 15) is 13.2 Å². The zero-order valence-electron chi connectivity index (χ0n) is 18.5. The van der Waals surface area contributed by atoms with Crippen LogP contribution in [0.1, 0.15) is 25.3 Å². The van der Waals surface area contributed by atoms with Crippen LogP contribution >= 0.6 is 0 Å². The quantitative estimate of drug-likeness (QED) is 0.381. The number of hydrogen-bond donors (Lipinski definition) is 0. The normalized spacial score (nSPS) is 18.6. The van der Waals surface area contributed by atoms with Crippen LogP contribution in [-0.2, 0) is 9.47 Å². The smallest absolute Gasteiger partial charge is 0.201 e. The van der Waals surface area contributed by atoms with Gasteiger partial charge in [-0.05, 0) is 54.3 Å². The van der Waals surface area contributed by atoms with Crippen LogP contribution in [0.3, 0.4) is 0 Å². The first kappa shape index (κ1) is 23.1.